The van der Waals surface area contributed by atoms with Gasteiger partial charge >= 0.3 is 0 Å². The highest BCUT2D eigenvalue weighted by Gasteiger charge is 2.29. The number of hydrogen-bond acceptors (Lipinski definition) is 7. The number of nitrogens with one attached hydrogen (secondary N) is 3. The van der Waals surface area contributed by atoms with Crippen LogP contribution in [0.25, 0.3) is 0 Å². The first-order chi connectivity index (χ1) is 13.8. The van der Waals surface area contributed by atoms with Crippen molar-refractivity contribution in [2.75, 3.05) is 5.32 Å². The fraction of sp³-hybridized carbons (Fsp3) is 0.278. The molecule has 0 radical (unpaired) electrons. The molecule has 9 nitrogen and oxygen atoms in total. The predicted octanol–water partition coefficient (Wildman–Crippen LogP) is 3.45. The molecular weight excluding hydrogens is 416 g/mol. The summed E-state index contributed by atoms with van der Waals surface area (Å²) in [6.45, 7) is 3.59. The van der Waals surface area contributed by atoms with Gasteiger partial charge in [0.15, 0.2) is 0 Å². The van der Waals surface area contributed by atoms with E-state index in [1.807, 2.05) is 13.0 Å². The number of aromatic amines is 1. The minimum Gasteiger partial charge on any atom is -0.455 e. The smallest absolute Gasteiger partial charge is 0.267 e. The van der Waals surface area contributed by atoms with Gasteiger partial charge < -0.3 is 10.1 Å². The number of aryl methyl sites for hydroxylation is 2. The van der Waals surface area contributed by atoms with Crippen LogP contribution in [0, 0.1) is 13.8 Å². The molecule has 1 fully saturated rings. The average molecular weight is 435 g/mol. The van der Waals surface area contributed by atoms with Crippen LogP contribution in [0.15, 0.2) is 35.2 Å². The second-order valence-corrected chi connectivity index (χ2v) is 8.98. The Balaban J connectivity index is 1.59. The maximum Gasteiger partial charge on any atom is 0.267 e. The molecule has 0 bridgehead atoms. The zero-order valence-electron chi connectivity index (χ0n) is 15.7. The minimum atomic E-state index is -3.59. The monoisotopic (exact) mass is 434 g/mol. The Morgan fingerprint density at radius 1 is 1.17 bits per heavy atom. The molecule has 4 rings (SSSR count). The van der Waals surface area contributed by atoms with Gasteiger partial charge in [-0.1, -0.05) is 22.8 Å². The van der Waals surface area contributed by atoms with Crippen molar-refractivity contribution >= 4 is 33.3 Å². The first-order valence-corrected chi connectivity index (χ1v) is 10.8. The molecule has 0 amide bonds. The van der Waals surface area contributed by atoms with E-state index in [0.717, 1.165) is 18.4 Å². The number of rotatable bonds is 7. The molecule has 1 aromatic heterocycles. The molecule has 1 aliphatic rings. The van der Waals surface area contributed by atoms with Crippen LogP contribution in [0.4, 0.5) is 11.6 Å². The summed E-state index contributed by atoms with van der Waals surface area (Å²) in [6.07, 6.45) is 1.74. The third kappa shape index (κ3) is 4.50. The normalized spacial score (nSPS) is 14.0. The molecule has 0 atom stereocenters. The summed E-state index contributed by atoms with van der Waals surface area (Å²) < 4.78 is 33.9. The van der Waals surface area contributed by atoms with Gasteiger partial charge in [-0.15, -0.1) is 5.10 Å². The van der Waals surface area contributed by atoms with Gasteiger partial charge in [0, 0.05) is 17.8 Å². The van der Waals surface area contributed by atoms with E-state index in [9.17, 15) is 8.42 Å². The van der Waals surface area contributed by atoms with Crippen molar-refractivity contribution in [1.29, 1.82) is 0 Å². The largest absolute Gasteiger partial charge is 0.455 e. The van der Waals surface area contributed by atoms with E-state index in [0.29, 0.717) is 33.7 Å². The quantitative estimate of drug-likeness (QED) is 0.520. The summed E-state index contributed by atoms with van der Waals surface area (Å²) in [4.78, 5) is 0.200. The van der Waals surface area contributed by atoms with Gasteiger partial charge in [0.2, 0.25) is 10.0 Å². The molecular formula is C18H19ClN6O3S. The van der Waals surface area contributed by atoms with E-state index in [-0.39, 0.29) is 10.9 Å². The molecule has 0 aliphatic heterocycles. The Hall–Kier alpha value is -2.69. The molecule has 152 valence electrons. The topological polar surface area (TPSA) is 122 Å². The third-order valence-corrected chi connectivity index (χ3v) is 6.34. The van der Waals surface area contributed by atoms with E-state index >= 15 is 0 Å². The van der Waals surface area contributed by atoms with Gasteiger partial charge in [0.25, 0.3) is 5.95 Å². The van der Waals surface area contributed by atoms with Crippen LogP contribution in [-0.4, -0.2) is 35.1 Å². The highest BCUT2D eigenvalue weighted by molar-refractivity contribution is 7.89. The Morgan fingerprint density at radius 3 is 2.62 bits per heavy atom. The van der Waals surface area contributed by atoms with Crippen LogP contribution in [0.3, 0.4) is 0 Å². The second kappa shape index (κ2) is 7.62. The van der Waals surface area contributed by atoms with Crippen LogP contribution in [0.1, 0.15) is 24.0 Å². The first kappa shape index (κ1) is 19.6. The molecule has 2 aromatic carbocycles. The molecule has 0 saturated heterocycles. The molecule has 3 N–H and O–H groups in total. The summed E-state index contributed by atoms with van der Waals surface area (Å²) in [6, 6.07) is 8.46. The number of H-pyrrole nitrogens is 1. The maximum atomic E-state index is 12.6. The van der Waals surface area contributed by atoms with Gasteiger partial charge in [0.05, 0.1) is 9.92 Å². The standard InChI is InChI=1S/C18H19ClN6O3S/c1-10-3-6-14(9-16(10)29(26,27)23-12-4-5-12)28-17-11(2)7-13(8-15(17)19)20-18-21-24-25-22-18/h3,6-9,12,23H,4-5H2,1-2H3,(H2,20,21,22,24,25). The van der Waals surface area contributed by atoms with Crippen LogP contribution in [0.2, 0.25) is 5.02 Å². The maximum absolute atomic E-state index is 12.6. The second-order valence-electron chi connectivity index (χ2n) is 6.89. The molecule has 0 spiro atoms. The number of sulfonamides is 1. The number of halogens is 1. The summed E-state index contributed by atoms with van der Waals surface area (Å²) in [5, 5.41) is 16.8. The molecule has 11 heteroatoms. The SMILES string of the molecule is Cc1ccc(Oc2c(C)cc(Nc3nn[nH]n3)cc2Cl)cc1S(=O)(=O)NC1CC1. The van der Waals surface area contributed by atoms with Gasteiger partial charge in [-0.25, -0.2) is 13.1 Å². The Bertz CT molecular complexity index is 1120. The zero-order valence-corrected chi connectivity index (χ0v) is 17.3. The van der Waals surface area contributed by atoms with Crippen molar-refractivity contribution in [2.45, 2.75) is 37.6 Å². The van der Waals surface area contributed by atoms with Gasteiger partial charge in [-0.05, 0) is 61.2 Å². The summed E-state index contributed by atoms with van der Waals surface area (Å²) in [5.41, 5.74) is 2.07. The van der Waals surface area contributed by atoms with E-state index in [1.165, 1.54) is 6.07 Å². The fourth-order valence-electron chi connectivity index (χ4n) is 2.81. The lowest BCUT2D eigenvalue weighted by molar-refractivity contribution is 0.477. The van der Waals surface area contributed by atoms with Crippen LogP contribution in [0.5, 0.6) is 11.5 Å². The molecule has 3 aromatic rings. The molecule has 0 unspecified atom stereocenters. The number of ether oxygens (including phenoxy) is 1. The number of nitrogens with zero attached hydrogens (tertiary/aromatic N) is 3. The molecule has 1 heterocycles. The van der Waals surface area contributed by atoms with E-state index in [1.54, 1.807) is 25.1 Å². The Labute approximate surface area is 172 Å². The number of aromatic nitrogens is 4. The Kier molecular flexibility index (Phi) is 5.15. The molecule has 1 saturated carbocycles. The van der Waals surface area contributed by atoms with Gasteiger partial charge in [-0.2, -0.15) is 5.21 Å². The number of tetrazole rings is 1. The van der Waals surface area contributed by atoms with Gasteiger partial charge in [-0.3, -0.25) is 0 Å². The first-order valence-electron chi connectivity index (χ1n) is 8.93. The van der Waals surface area contributed by atoms with Crippen LogP contribution in [-0.2, 0) is 10.0 Å². The van der Waals surface area contributed by atoms with E-state index < -0.39 is 10.0 Å². The minimum absolute atomic E-state index is 0.0277. The van der Waals surface area contributed by atoms with Crippen molar-refractivity contribution in [3.63, 3.8) is 0 Å². The van der Waals surface area contributed by atoms with Gasteiger partial charge in [0.1, 0.15) is 11.5 Å². The van der Waals surface area contributed by atoms with Crippen molar-refractivity contribution in [3.05, 3.63) is 46.5 Å². The number of hydrogen-bond donors (Lipinski definition) is 3. The van der Waals surface area contributed by atoms with Crippen molar-refractivity contribution in [1.82, 2.24) is 25.3 Å². The summed E-state index contributed by atoms with van der Waals surface area (Å²) in [5.74, 6) is 1.13. The Morgan fingerprint density at radius 2 is 1.97 bits per heavy atom. The van der Waals surface area contributed by atoms with E-state index in [4.69, 9.17) is 16.3 Å². The molecule has 29 heavy (non-hydrogen) atoms. The van der Waals surface area contributed by atoms with Crippen molar-refractivity contribution < 1.29 is 13.2 Å². The lowest BCUT2D eigenvalue weighted by atomic mass is 10.2. The van der Waals surface area contributed by atoms with Crippen molar-refractivity contribution in [2.24, 2.45) is 0 Å². The third-order valence-electron chi connectivity index (χ3n) is 4.40. The van der Waals surface area contributed by atoms with Crippen LogP contribution >= 0.6 is 11.6 Å². The highest BCUT2D eigenvalue weighted by atomic mass is 35.5. The molecule has 1 aliphatic carbocycles. The lowest BCUT2D eigenvalue weighted by Gasteiger charge is -2.15. The number of benzene rings is 2. The van der Waals surface area contributed by atoms with E-state index in [2.05, 4.69) is 30.7 Å². The summed E-state index contributed by atoms with van der Waals surface area (Å²) >= 11 is 6.40. The van der Waals surface area contributed by atoms with Crippen molar-refractivity contribution in [3.8, 4) is 11.5 Å². The highest BCUT2D eigenvalue weighted by Crippen LogP contribution is 2.37. The predicted molar refractivity (Wildman–Crippen MR) is 108 cm³/mol. The number of anilines is 2. The fourth-order valence-corrected chi connectivity index (χ4v) is 4.68. The summed E-state index contributed by atoms with van der Waals surface area (Å²) in [7, 11) is -3.59. The average Bonchev–Trinajstić information content (AvgIpc) is 3.30. The zero-order chi connectivity index (χ0) is 20.6. The van der Waals surface area contributed by atoms with Crippen LogP contribution < -0.4 is 14.8 Å². The lowest BCUT2D eigenvalue weighted by Crippen LogP contribution is -2.26.